The molecule has 1 heterocycles. The SMILES string of the molecule is CCOC(=O)N1CCN(C(=O)C(C)N(c2cccc(C)c2)S(C)(=O)=O)CC1. The van der Waals surface area contributed by atoms with Crippen molar-refractivity contribution in [3.63, 3.8) is 0 Å². The number of carbonyl (C=O) groups excluding carboxylic acids is 2. The van der Waals surface area contributed by atoms with Crippen molar-refractivity contribution in [3.05, 3.63) is 29.8 Å². The van der Waals surface area contributed by atoms with Crippen LogP contribution in [-0.2, 0) is 19.6 Å². The van der Waals surface area contributed by atoms with E-state index in [1.807, 2.05) is 13.0 Å². The van der Waals surface area contributed by atoms with Gasteiger partial charge in [0.25, 0.3) is 0 Å². The number of benzene rings is 1. The number of anilines is 1. The van der Waals surface area contributed by atoms with Gasteiger partial charge in [0.2, 0.25) is 15.9 Å². The summed E-state index contributed by atoms with van der Waals surface area (Å²) in [7, 11) is -3.65. The normalized spacial score (nSPS) is 16.0. The van der Waals surface area contributed by atoms with Crippen LogP contribution in [0.3, 0.4) is 0 Å². The minimum Gasteiger partial charge on any atom is -0.450 e. The van der Waals surface area contributed by atoms with Gasteiger partial charge in [-0.25, -0.2) is 13.2 Å². The van der Waals surface area contributed by atoms with Crippen LogP contribution in [0.2, 0.25) is 0 Å². The smallest absolute Gasteiger partial charge is 0.409 e. The molecule has 9 heteroatoms. The number of hydrogen-bond acceptors (Lipinski definition) is 5. The maximum Gasteiger partial charge on any atom is 0.409 e. The molecule has 0 aromatic heterocycles. The number of hydrogen-bond donors (Lipinski definition) is 0. The average molecular weight is 397 g/mol. The van der Waals surface area contributed by atoms with Crippen LogP contribution in [0, 0.1) is 6.92 Å². The van der Waals surface area contributed by atoms with E-state index in [4.69, 9.17) is 4.74 Å². The number of carbonyl (C=O) groups is 2. The summed E-state index contributed by atoms with van der Waals surface area (Å²) in [6.45, 7) is 6.90. The summed E-state index contributed by atoms with van der Waals surface area (Å²) in [5.41, 5.74) is 1.37. The minimum atomic E-state index is -3.65. The monoisotopic (exact) mass is 397 g/mol. The largest absolute Gasteiger partial charge is 0.450 e. The second kappa shape index (κ2) is 8.60. The predicted octanol–water partition coefficient (Wildman–Crippen LogP) is 1.45. The van der Waals surface area contributed by atoms with Crippen molar-refractivity contribution < 1.29 is 22.7 Å². The summed E-state index contributed by atoms with van der Waals surface area (Å²) < 4.78 is 30.9. The van der Waals surface area contributed by atoms with E-state index in [0.717, 1.165) is 16.1 Å². The number of piperazine rings is 1. The molecule has 150 valence electrons. The van der Waals surface area contributed by atoms with Gasteiger partial charge in [0.05, 0.1) is 18.6 Å². The van der Waals surface area contributed by atoms with Crippen LogP contribution in [0.4, 0.5) is 10.5 Å². The van der Waals surface area contributed by atoms with Gasteiger partial charge in [0.15, 0.2) is 0 Å². The zero-order valence-electron chi connectivity index (χ0n) is 16.2. The van der Waals surface area contributed by atoms with Crippen molar-refractivity contribution in [2.75, 3.05) is 43.3 Å². The molecule has 0 spiro atoms. The highest BCUT2D eigenvalue weighted by atomic mass is 32.2. The third kappa shape index (κ3) is 5.12. The summed E-state index contributed by atoms with van der Waals surface area (Å²) >= 11 is 0. The molecule has 8 nitrogen and oxygen atoms in total. The number of aryl methyl sites for hydroxylation is 1. The molecular weight excluding hydrogens is 370 g/mol. The molecule has 1 aromatic rings. The van der Waals surface area contributed by atoms with Crippen LogP contribution >= 0.6 is 0 Å². The van der Waals surface area contributed by atoms with Crippen molar-refractivity contribution in [2.45, 2.75) is 26.8 Å². The lowest BCUT2D eigenvalue weighted by Gasteiger charge is -2.37. The quantitative estimate of drug-likeness (QED) is 0.751. The van der Waals surface area contributed by atoms with Crippen molar-refractivity contribution in [1.82, 2.24) is 9.80 Å². The summed E-state index contributed by atoms with van der Waals surface area (Å²) in [5, 5.41) is 0. The zero-order chi connectivity index (χ0) is 20.2. The molecular formula is C18H27N3O5S. The molecule has 0 saturated carbocycles. The Bertz CT molecular complexity index is 788. The maximum absolute atomic E-state index is 12.9. The molecule has 1 fully saturated rings. The summed E-state index contributed by atoms with van der Waals surface area (Å²) in [6.07, 6.45) is 0.702. The number of rotatable bonds is 5. The number of amides is 2. The van der Waals surface area contributed by atoms with Gasteiger partial charge >= 0.3 is 6.09 Å². The third-order valence-electron chi connectivity index (χ3n) is 4.44. The minimum absolute atomic E-state index is 0.287. The molecule has 0 radical (unpaired) electrons. The highest BCUT2D eigenvalue weighted by Crippen LogP contribution is 2.23. The van der Waals surface area contributed by atoms with E-state index in [9.17, 15) is 18.0 Å². The molecule has 1 aliphatic rings. The van der Waals surface area contributed by atoms with Crippen molar-refractivity contribution in [2.24, 2.45) is 0 Å². The van der Waals surface area contributed by atoms with Gasteiger partial charge in [-0.05, 0) is 38.5 Å². The zero-order valence-corrected chi connectivity index (χ0v) is 17.0. The first-order valence-corrected chi connectivity index (χ1v) is 10.8. The van der Waals surface area contributed by atoms with Gasteiger partial charge in [-0.15, -0.1) is 0 Å². The Hall–Kier alpha value is -2.29. The second-order valence-electron chi connectivity index (χ2n) is 6.59. The lowest BCUT2D eigenvalue weighted by Crippen LogP contribution is -2.56. The Labute approximate surface area is 160 Å². The van der Waals surface area contributed by atoms with Gasteiger partial charge in [-0.3, -0.25) is 9.10 Å². The van der Waals surface area contributed by atoms with Gasteiger partial charge in [-0.1, -0.05) is 12.1 Å². The fourth-order valence-electron chi connectivity index (χ4n) is 3.16. The Morgan fingerprint density at radius 3 is 2.30 bits per heavy atom. The molecule has 2 amide bonds. The predicted molar refractivity (Wildman–Crippen MR) is 103 cm³/mol. The van der Waals surface area contributed by atoms with Crippen molar-refractivity contribution >= 4 is 27.7 Å². The van der Waals surface area contributed by atoms with E-state index in [0.29, 0.717) is 38.5 Å². The summed E-state index contributed by atoms with van der Waals surface area (Å²) in [5.74, 6) is -0.287. The Kier molecular flexibility index (Phi) is 6.69. The van der Waals surface area contributed by atoms with Gasteiger partial charge in [0, 0.05) is 26.2 Å². The van der Waals surface area contributed by atoms with Crippen LogP contribution in [0.1, 0.15) is 19.4 Å². The number of ether oxygens (including phenoxy) is 1. The molecule has 1 aliphatic heterocycles. The van der Waals surface area contributed by atoms with E-state index >= 15 is 0 Å². The first-order chi connectivity index (χ1) is 12.6. The number of sulfonamides is 1. The van der Waals surface area contributed by atoms with Crippen molar-refractivity contribution in [1.29, 1.82) is 0 Å². The molecule has 1 aromatic carbocycles. The van der Waals surface area contributed by atoms with Crippen LogP contribution in [0.5, 0.6) is 0 Å². The average Bonchev–Trinajstić information content (AvgIpc) is 2.60. The molecule has 1 atom stereocenters. The second-order valence-corrected chi connectivity index (χ2v) is 8.44. The third-order valence-corrected chi connectivity index (χ3v) is 5.68. The van der Waals surface area contributed by atoms with Gasteiger partial charge in [-0.2, -0.15) is 0 Å². The van der Waals surface area contributed by atoms with Crippen LogP contribution in [-0.4, -0.2) is 75.3 Å². The fraction of sp³-hybridized carbons (Fsp3) is 0.556. The molecule has 0 aliphatic carbocycles. The van der Waals surface area contributed by atoms with Gasteiger partial charge < -0.3 is 14.5 Å². The van der Waals surface area contributed by atoms with Crippen molar-refractivity contribution in [3.8, 4) is 0 Å². The highest BCUT2D eigenvalue weighted by Gasteiger charge is 2.34. The summed E-state index contributed by atoms with van der Waals surface area (Å²) in [4.78, 5) is 27.8. The topological polar surface area (TPSA) is 87.2 Å². The molecule has 2 rings (SSSR count). The maximum atomic E-state index is 12.9. The highest BCUT2D eigenvalue weighted by molar-refractivity contribution is 7.92. The first kappa shape index (κ1) is 21.0. The molecule has 1 unspecified atom stereocenters. The van der Waals surface area contributed by atoms with E-state index in [1.165, 1.54) is 0 Å². The number of nitrogens with zero attached hydrogens (tertiary/aromatic N) is 3. The van der Waals surface area contributed by atoms with Crippen LogP contribution in [0.25, 0.3) is 0 Å². The Balaban J connectivity index is 2.13. The molecule has 1 saturated heterocycles. The van der Waals surface area contributed by atoms with E-state index in [2.05, 4.69) is 0 Å². The van der Waals surface area contributed by atoms with E-state index < -0.39 is 22.2 Å². The Morgan fingerprint density at radius 2 is 1.78 bits per heavy atom. The standard InChI is InChI=1S/C18H27N3O5S/c1-5-26-18(23)20-11-9-19(10-12-20)17(22)15(3)21(27(4,24)25)16-8-6-7-14(2)13-16/h6-8,13,15H,5,9-12H2,1-4H3. The molecule has 0 N–H and O–H groups in total. The van der Waals surface area contributed by atoms with Gasteiger partial charge in [0.1, 0.15) is 6.04 Å². The van der Waals surface area contributed by atoms with E-state index in [-0.39, 0.29) is 5.91 Å². The Morgan fingerprint density at radius 1 is 1.19 bits per heavy atom. The molecule has 0 bridgehead atoms. The molecule has 27 heavy (non-hydrogen) atoms. The first-order valence-electron chi connectivity index (χ1n) is 8.91. The van der Waals surface area contributed by atoms with Crippen LogP contribution in [0.15, 0.2) is 24.3 Å². The van der Waals surface area contributed by atoms with Crippen LogP contribution < -0.4 is 4.31 Å². The lowest BCUT2D eigenvalue weighted by molar-refractivity contribution is -0.133. The summed E-state index contributed by atoms with van der Waals surface area (Å²) in [6, 6.07) is 6.17. The van der Waals surface area contributed by atoms with E-state index in [1.54, 1.807) is 41.8 Å². The lowest BCUT2D eigenvalue weighted by atomic mass is 10.2. The fourth-order valence-corrected chi connectivity index (χ4v) is 4.32.